The van der Waals surface area contributed by atoms with E-state index < -0.39 is 11.8 Å². The zero-order valence-electron chi connectivity index (χ0n) is 14.3. The quantitative estimate of drug-likeness (QED) is 0.728. The number of aromatic nitrogens is 1. The molecule has 0 bridgehead atoms. The van der Waals surface area contributed by atoms with Crippen LogP contribution < -0.4 is 10.2 Å². The van der Waals surface area contributed by atoms with Crippen molar-refractivity contribution in [3.63, 3.8) is 0 Å². The van der Waals surface area contributed by atoms with Crippen molar-refractivity contribution >= 4 is 29.1 Å². The maximum Gasteiger partial charge on any atom is 0.284 e. The van der Waals surface area contributed by atoms with Gasteiger partial charge in [-0.25, -0.2) is 4.90 Å². The summed E-state index contributed by atoms with van der Waals surface area (Å²) >= 11 is 0. The van der Waals surface area contributed by atoms with E-state index in [0.29, 0.717) is 11.4 Å². The highest BCUT2D eigenvalue weighted by atomic mass is 16.2. The van der Waals surface area contributed by atoms with E-state index in [2.05, 4.69) is 10.3 Å². The topological polar surface area (TPSA) is 79.4 Å². The minimum atomic E-state index is -0.469. The molecule has 2 aromatic carbocycles. The van der Waals surface area contributed by atoms with Gasteiger partial charge in [-0.05, 0) is 35.9 Å². The Morgan fingerprint density at radius 2 is 1.74 bits per heavy atom. The molecule has 0 atom stereocenters. The molecule has 0 saturated carbocycles. The number of nitrogens with one attached hydrogen (secondary N) is 1. The molecule has 1 aromatic heterocycles. The van der Waals surface area contributed by atoms with Crippen molar-refractivity contribution in [2.75, 3.05) is 10.2 Å². The van der Waals surface area contributed by atoms with Gasteiger partial charge in [-0.15, -0.1) is 0 Å². The summed E-state index contributed by atoms with van der Waals surface area (Å²) in [5.41, 5.74) is 2.22. The highest BCUT2D eigenvalue weighted by molar-refractivity contribution is 6.33. The molecule has 1 aliphatic heterocycles. The largest absolute Gasteiger partial charge is 0.326 e. The average Bonchev–Trinajstić information content (AvgIpc) is 2.94. The predicted molar refractivity (Wildman–Crippen MR) is 101 cm³/mol. The maximum atomic E-state index is 12.6. The average molecular weight is 357 g/mol. The molecule has 132 valence electrons. The fourth-order valence-corrected chi connectivity index (χ4v) is 3.01. The summed E-state index contributed by atoms with van der Waals surface area (Å²) in [5.74, 6) is -1.07. The number of imide groups is 1. The molecule has 0 fully saturated rings. The van der Waals surface area contributed by atoms with Crippen molar-refractivity contribution in [1.82, 2.24) is 4.98 Å². The molecule has 0 unspecified atom stereocenters. The molecule has 0 aliphatic carbocycles. The lowest BCUT2D eigenvalue weighted by Gasteiger charge is -2.15. The summed E-state index contributed by atoms with van der Waals surface area (Å²) < 4.78 is 0. The van der Waals surface area contributed by atoms with E-state index in [9.17, 15) is 14.4 Å². The molecular formula is C21H15N3O3. The summed E-state index contributed by atoms with van der Waals surface area (Å²) in [5, 5.41) is 2.80. The summed E-state index contributed by atoms with van der Waals surface area (Å²) in [4.78, 5) is 42.4. The van der Waals surface area contributed by atoms with Crippen LogP contribution in [0.15, 0.2) is 72.9 Å². The molecule has 0 spiro atoms. The molecule has 3 amide bonds. The SMILES string of the molecule is O=C(Cc1ccccc1)Nc1cccc(N2C(=O)c3cccnc3C2=O)c1. The first-order valence-corrected chi connectivity index (χ1v) is 8.41. The number of nitrogens with zero attached hydrogens (tertiary/aromatic N) is 2. The number of benzene rings is 2. The Morgan fingerprint density at radius 1 is 0.926 bits per heavy atom. The Bertz CT molecular complexity index is 1010. The minimum Gasteiger partial charge on any atom is -0.326 e. The van der Waals surface area contributed by atoms with Gasteiger partial charge in [-0.1, -0.05) is 36.4 Å². The number of amides is 3. The van der Waals surface area contributed by atoms with Crippen LogP contribution in [0.25, 0.3) is 0 Å². The molecule has 2 heterocycles. The van der Waals surface area contributed by atoms with Crippen LogP contribution in [0.3, 0.4) is 0 Å². The maximum absolute atomic E-state index is 12.6. The molecule has 0 saturated heterocycles. The Balaban J connectivity index is 1.54. The summed E-state index contributed by atoms with van der Waals surface area (Å²) in [6, 6.07) is 19.2. The third-order valence-electron chi connectivity index (χ3n) is 4.24. The number of fused-ring (bicyclic) bond motifs is 1. The molecule has 3 aromatic rings. The van der Waals surface area contributed by atoms with Gasteiger partial charge in [-0.3, -0.25) is 19.4 Å². The lowest BCUT2D eigenvalue weighted by molar-refractivity contribution is -0.115. The van der Waals surface area contributed by atoms with Crippen molar-refractivity contribution in [2.45, 2.75) is 6.42 Å². The number of rotatable bonds is 4. The summed E-state index contributed by atoms with van der Waals surface area (Å²) in [6.45, 7) is 0. The van der Waals surface area contributed by atoms with Crippen molar-refractivity contribution in [3.8, 4) is 0 Å². The van der Waals surface area contributed by atoms with Gasteiger partial charge in [0.2, 0.25) is 5.91 Å². The number of pyridine rings is 1. The fourth-order valence-electron chi connectivity index (χ4n) is 3.01. The lowest BCUT2D eigenvalue weighted by atomic mass is 10.1. The zero-order chi connectivity index (χ0) is 18.8. The molecular weight excluding hydrogens is 342 g/mol. The minimum absolute atomic E-state index is 0.140. The van der Waals surface area contributed by atoms with Gasteiger partial charge in [0.25, 0.3) is 11.8 Å². The van der Waals surface area contributed by atoms with Crippen molar-refractivity contribution in [2.24, 2.45) is 0 Å². The van der Waals surface area contributed by atoms with Gasteiger partial charge in [0.1, 0.15) is 5.69 Å². The van der Waals surface area contributed by atoms with Crippen LogP contribution in [0.1, 0.15) is 26.4 Å². The second kappa shape index (κ2) is 6.84. The van der Waals surface area contributed by atoms with E-state index in [1.807, 2.05) is 30.3 Å². The third-order valence-corrected chi connectivity index (χ3v) is 4.24. The van der Waals surface area contributed by atoms with Gasteiger partial charge in [-0.2, -0.15) is 0 Å². The molecule has 1 aliphatic rings. The van der Waals surface area contributed by atoms with E-state index in [0.717, 1.165) is 10.5 Å². The summed E-state index contributed by atoms with van der Waals surface area (Å²) in [6.07, 6.45) is 1.72. The normalized spacial score (nSPS) is 12.8. The second-order valence-electron chi connectivity index (χ2n) is 6.11. The van der Waals surface area contributed by atoms with Gasteiger partial charge >= 0.3 is 0 Å². The van der Waals surface area contributed by atoms with Crippen LogP contribution in [-0.2, 0) is 11.2 Å². The fraction of sp³-hybridized carbons (Fsp3) is 0.0476. The van der Waals surface area contributed by atoms with Crippen molar-refractivity contribution in [3.05, 3.63) is 89.7 Å². The highest BCUT2D eigenvalue weighted by Crippen LogP contribution is 2.28. The van der Waals surface area contributed by atoms with E-state index >= 15 is 0 Å². The van der Waals surface area contributed by atoms with Gasteiger partial charge in [0.05, 0.1) is 17.7 Å². The Morgan fingerprint density at radius 3 is 2.52 bits per heavy atom. The number of hydrogen-bond donors (Lipinski definition) is 1. The number of anilines is 2. The molecule has 1 N–H and O–H groups in total. The van der Waals surface area contributed by atoms with E-state index in [1.54, 1.807) is 36.4 Å². The zero-order valence-corrected chi connectivity index (χ0v) is 14.3. The van der Waals surface area contributed by atoms with E-state index in [4.69, 9.17) is 0 Å². The third kappa shape index (κ3) is 3.20. The van der Waals surface area contributed by atoms with Crippen LogP contribution in [0.4, 0.5) is 11.4 Å². The number of carbonyl (C=O) groups excluding carboxylic acids is 3. The molecule has 27 heavy (non-hydrogen) atoms. The van der Waals surface area contributed by atoms with E-state index in [-0.39, 0.29) is 23.6 Å². The van der Waals surface area contributed by atoms with Crippen LogP contribution in [0.5, 0.6) is 0 Å². The number of carbonyl (C=O) groups is 3. The first-order valence-electron chi connectivity index (χ1n) is 8.41. The first-order chi connectivity index (χ1) is 13.1. The van der Waals surface area contributed by atoms with Crippen LogP contribution >= 0.6 is 0 Å². The van der Waals surface area contributed by atoms with Crippen molar-refractivity contribution in [1.29, 1.82) is 0 Å². The first kappa shape index (κ1) is 16.7. The molecule has 0 radical (unpaired) electrons. The Kier molecular flexibility index (Phi) is 4.22. The van der Waals surface area contributed by atoms with Crippen molar-refractivity contribution < 1.29 is 14.4 Å². The Hall–Kier alpha value is -3.80. The van der Waals surface area contributed by atoms with Crippen LogP contribution in [0, 0.1) is 0 Å². The lowest BCUT2D eigenvalue weighted by Crippen LogP contribution is -2.29. The smallest absolute Gasteiger partial charge is 0.284 e. The predicted octanol–water partition coefficient (Wildman–Crippen LogP) is 3.06. The molecule has 6 nitrogen and oxygen atoms in total. The summed E-state index contributed by atoms with van der Waals surface area (Å²) in [7, 11) is 0. The number of hydrogen-bond acceptors (Lipinski definition) is 4. The second-order valence-corrected chi connectivity index (χ2v) is 6.11. The van der Waals surface area contributed by atoms with Crippen LogP contribution in [0.2, 0.25) is 0 Å². The van der Waals surface area contributed by atoms with Gasteiger partial charge in [0, 0.05) is 11.9 Å². The molecule has 4 rings (SSSR count). The molecule has 6 heteroatoms. The Labute approximate surface area is 155 Å². The van der Waals surface area contributed by atoms with E-state index in [1.165, 1.54) is 6.20 Å². The van der Waals surface area contributed by atoms with Gasteiger partial charge < -0.3 is 5.32 Å². The van der Waals surface area contributed by atoms with Gasteiger partial charge in [0.15, 0.2) is 0 Å². The standard InChI is InChI=1S/C21H15N3O3/c25-18(12-14-6-2-1-3-7-14)23-15-8-4-9-16(13-15)24-20(26)17-10-5-11-22-19(17)21(24)27/h1-11,13H,12H2,(H,23,25). The highest BCUT2D eigenvalue weighted by Gasteiger charge is 2.37. The van der Waals surface area contributed by atoms with Crippen LogP contribution in [-0.4, -0.2) is 22.7 Å². The monoisotopic (exact) mass is 357 g/mol.